The van der Waals surface area contributed by atoms with E-state index in [9.17, 15) is 29.4 Å². The van der Waals surface area contributed by atoms with Crippen LogP contribution in [0.3, 0.4) is 0 Å². The molecule has 1 rings (SSSR count). The van der Waals surface area contributed by atoms with Gasteiger partial charge in [0.2, 0.25) is 17.7 Å². The lowest BCUT2D eigenvalue weighted by atomic mass is 9.98. The maximum Gasteiger partial charge on any atom is 0.326 e. The fourth-order valence-electron chi connectivity index (χ4n) is 3.52. The zero-order chi connectivity index (χ0) is 26.9. The number of aliphatic carboxylic acids is 1. The van der Waals surface area contributed by atoms with Gasteiger partial charge in [0.1, 0.15) is 23.9 Å². The Balaban J connectivity index is 3.12. The molecule has 1 aromatic rings. The first kappa shape index (κ1) is 29.9. The monoisotopic (exact) mass is 492 g/mol. The molecule has 10 heteroatoms. The summed E-state index contributed by atoms with van der Waals surface area (Å²) in [6.45, 7) is 10.7. The normalized spacial score (nSPS) is 14.8. The van der Waals surface area contributed by atoms with Crippen molar-refractivity contribution in [2.75, 3.05) is 0 Å². The first-order valence-corrected chi connectivity index (χ1v) is 11.9. The Hall–Kier alpha value is -3.14. The highest BCUT2D eigenvalue weighted by molar-refractivity contribution is 5.94. The Labute approximate surface area is 207 Å². The summed E-state index contributed by atoms with van der Waals surface area (Å²) in [6, 6.07) is 2.13. The number of nitrogens with one attached hydrogen (secondary N) is 3. The van der Waals surface area contributed by atoms with Crippen LogP contribution < -0.4 is 21.7 Å². The molecular weight excluding hydrogens is 452 g/mol. The van der Waals surface area contributed by atoms with Crippen LogP contribution in [0.2, 0.25) is 0 Å². The van der Waals surface area contributed by atoms with E-state index >= 15 is 0 Å². The molecule has 10 nitrogen and oxygen atoms in total. The number of benzene rings is 1. The van der Waals surface area contributed by atoms with Crippen LogP contribution in [0.4, 0.5) is 0 Å². The third kappa shape index (κ3) is 9.94. The van der Waals surface area contributed by atoms with E-state index in [0.717, 1.165) is 0 Å². The molecule has 0 aliphatic carbocycles. The number of hydrogen-bond donors (Lipinski definition) is 6. The molecule has 0 aliphatic rings. The molecule has 4 atom stereocenters. The molecule has 0 aliphatic heterocycles. The lowest BCUT2D eigenvalue weighted by Crippen LogP contribution is -2.59. The summed E-state index contributed by atoms with van der Waals surface area (Å²) in [6.07, 6.45) is 0.504. The van der Waals surface area contributed by atoms with Gasteiger partial charge in [0.25, 0.3) is 0 Å². The molecule has 0 radical (unpaired) electrons. The van der Waals surface area contributed by atoms with E-state index in [4.69, 9.17) is 5.73 Å². The highest BCUT2D eigenvalue weighted by Gasteiger charge is 2.32. The Morgan fingerprint density at radius 2 is 1.31 bits per heavy atom. The second-order valence-electron chi connectivity index (χ2n) is 9.97. The summed E-state index contributed by atoms with van der Waals surface area (Å²) in [7, 11) is 0. The third-order valence-electron chi connectivity index (χ3n) is 5.55. The maximum atomic E-state index is 13.2. The van der Waals surface area contributed by atoms with Gasteiger partial charge in [0, 0.05) is 6.42 Å². The predicted octanol–water partition coefficient (Wildman–Crippen LogP) is 1.16. The summed E-state index contributed by atoms with van der Waals surface area (Å²) in [4.78, 5) is 50.4. The quantitative estimate of drug-likeness (QED) is 0.240. The second kappa shape index (κ2) is 13.7. The van der Waals surface area contributed by atoms with E-state index in [1.807, 2.05) is 13.8 Å². The minimum absolute atomic E-state index is 0.0462. The van der Waals surface area contributed by atoms with Crippen molar-refractivity contribution < 1.29 is 29.4 Å². The van der Waals surface area contributed by atoms with Crippen molar-refractivity contribution in [3.8, 4) is 5.75 Å². The number of nitrogens with two attached hydrogens (primary N) is 1. The zero-order valence-corrected chi connectivity index (χ0v) is 21.4. The minimum atomic E-state index is -1.19. The number of hydrogen-bond acceptors (Lipinski definition) is 6. The Morgan fingerprint density at radius 1 is 0.800 bits per heavy atom. The molecule has 0 saturated heterocycles. The fourth-order valence-corrected chi connectivity index (χ4v) is 3.52. The molecule has 0 fully saturated rings. The Bertz CT molecular complexity index is 869. The van der Waals surface area contributed by atoms with Crippen molar-refractivity contribution in [2.45, 2.75) is 78.6 Å². The van der Waals surface area contributed by atoms with Crippen molar-refractivity contribution in [3.63, 3.8) is 0 Å². The summed E-state index contributed by atoms with van der Waals surface area (Å²) in [5, 5.41) is 26.8. The summed E-state index contributed by atoms with van der Waals surface area (Å²) in [5.41, 5.74) is 6.60. The van der Waals surface area contributed by atoms with E-state index in [1.165, 1.54) is 12.1 Å². The van der Waals surface area contributed by atoms with Gasteiger partial charge in [-0.1, -0.05) is 53.7 Å². The van der Waals surface area contributed by atoms with Crippen molar-refractivity contribution in [1.29, 1.82) is 0 Å². The predicted molar refractivity (Wildman–Crippen MR) is 132 cm³/mol. The number of phenolic OH excluding ortho intramolecular Hbond substituents is 1. The van der Waals surface area contributed by atoms with E-state index in [0.29, 0.717) is 12.0 Å². The maximum absolute atomic E-state index is 13.2. The van der Waals surface area contributed by atoms with Gasteiger partial charge in [-0.2, -0.15) is 0 Å². The van der Waals surface area contributed by atoms with Crippen LogP contribution in [-0.4, -0.2) is 58.1 Å². The first-order valence-electron chi connectivity index (χ1n) is 11.9. The number of aromatic hydroxyl groups is 1. The molecule has 0 spiro atoms. The molecule has 3 amide bonds. The fraction of sp³-hybridized carbons (Fsp3) is 0.600. The van der Waals surface area contributed by atoms with Crippen LogP contribution in [0, 0.1) is 17.8 Å². The average molecular weight is 493 g/mol. The standard InChI is InChI=1S/C25H40N4O6/c1-13(2)11-18(26)22(31)28-20(14(3)4)24(33)27-19(12-16-7-9-17(30)10-8-16)23(32)29-21(15(5)6)25(34)35/h7-10,13-15,18-21,30H,11-12,26H2,1-6H3,(H,27,33)(H,28,31)(H,29,32)(H,34,35). The minimum Gasteiger partial charge on any atom is -0.508 e. The van der Waals surface area contributed by atoms with E-state index < -0.39 is 47.9 Å². The molecule has 196 valence electrons. The van der Waals surface area contributed by atoms with Gasteiger partial charge in [-0.3, -0.25) is 14.4 Å². The molecule has 0 saturated carbocycles. The van der Waals surface area contributed by atoms with Crippen molar-refractivity contribution in [3.05, 3.63) is 29.8 Å². The topological polar surface area (TPSA) is 171 Å². The number of rotatable bonds is 13. The van der Waals surface area contributed by atoms with E-state index in [2.05, 4.69) is 16.0 Å². The van der Waals surface area contributed by atoms with Gasteiger partial charge in [-0.25, -0.2) is 4.79 Å². The number of carbonyl (C=O) groups is 4. The molecule has 1 aromatic carbocycles. The summed E-state index contributed by atoms with van der Waals surface area (Å²) < 4.78 is 0. The molecular formula is C25H40N4O6. The Morgan fingerprint density at radius 3 is 1.77 bits per heavy atom. The van der Waals surface area contributed by atoms with Gasteiger partial charge in [0.05, 0.1) is 6.04 Å². The van der Waals surface area contributed by atoms with E-state index in [1.54, 1.807) is 39.8 Å². The summed E-state index contributed by atoms with van der Waals surface area (Å²) >= 11 is 0. The SMILES string of the molecule is CC(C)CC(N)C(=O)NC(C(=O)NC(Cc1ccc(O)cc1)C(=O)NC(C(=O)O)C(C)C)C(C)C. The number of carbonyl (C=O) groups excluding carboxylic acids is 3. The molecule has 0 bridgehead atoms. The first-order chi connectivity index (χ1) is 16.2. The molecule has 0 aromatic heterocycles. The summed E-state index contributed by atoms with van der Waals surface area (Å²) in [5.74, 6) is -3.34. The van der Waals surface area contributed by atoms with Crippen LogP contribution in [0.15, 0.2) is 24.3 Å². The zero-order valence-electron chi connectivity index (χ0n) is 21.4. The van der Waals surface area contributed by atoms with Gasteiger partial charge in [-0.05, 0) is 41.9 Å². The Kier molecular flexibility index (Phi) is 11.7. The van der Waals surface area contributed by atoms with Gasteiger partial charge >= 0.3 is 5.97 Å². The average Bonchev–Trinajstić information content (AvgIpc) is 2.75. The van der Waals surface area contributed by atoms with Crippen LogP contribution in [0.1, 0.15) is 53.5 Å². The van der Waals surface area contributed by atoms with Crippen molar-refractivity contribution >= 4 is 23.7 Å². The van der Waals surface area contributed by atoms with Crippen molar-refractivity contribution in [2.24, 2.45) is 23.5 Å². The molecule has 35 heavy (non-hydrogen) atoms. The van der Waals surface area contributed by atoms with Crippen molar-refractivity contribution in [1.82, 2.24) is 16.0 Å². The highest BCUT2D eigenvalue weighted by atomic mass is 16.4. The van der Waals surface area contributed by atoms with E-state index in [-0.39, 0.29) is 29.9 Å². The van der Waals surface area contributed by atoms with Crippen LogP contribution in [0.25, 0.3) is 0 Å². The number of amides is 3. The second-order valence-corrected chi connectivity index (χ2v) is 9.97. The number of carboxylic acids is 1. The van der Waals surface area contributed by atoms with Crippen LogP contribution >= 0.6 is 0 Å². The van der Waals surface area contributed by atoms with Gasteiger partial charge < -0.3 is 31.9 Å². The number of phenols is 1. The molecule has 0 heterocycles. The molecule has 4 unspecified atom stereocenters. The third-order valence-corrected chi connectivity index (χ3v) is 5.55. The number of carboxylic acid groups (broad SMARTS) is 1. The van der Waals surface area contributed by atoms with Crippen LogP contribution in [0.5, 0.6) is 5.75 Å². The smallest absolute Gasteiger partial charge is 0.326 e. The molecule has 7 N–H and O–H groups in total. The van der Waals surface area contributed by atoms with Gasteiger partial charge in [-0.15, -0.1) is 0 Å². The largest absolute Gasteiger partial charge is 0.508 e. The highest BCUT2D eigenvalue weighted by Crippen LogP contribution is 2.13. The van der Waals surface area contributed by atoms with Gasteiger partial charge in [0.15, 0.2) is 0 Å². The lowest BCUT2D eigenvalue weighted by Gasteiger charge is -2.27. The lowest BCUT2D eigenvalue weighted by molar-refractivity contribution is -0.143. The van der Waals surface area contributed by atoms with Crippen LogP contribution in [-0.2, 0) is 25.6 Å².